The molecule has 2 N–H and O–H groups in total. The molecule has 0 radical (unpaired) electrons. The molecule has 0 saturated heterocycles. The summed E-state index contributed by atoms with van der Waals surface area (Å²) in [5.74, 6) is -0.320. The quantitative estimate of drug-likeness (QED) is 0.880. The van der Waals surface area contributed by atoms with E-state index < -0.39 is 5.97 Å². The third-order valence-corrected chi connectivity index (χ3v) is 3.45. The van der Waals surface area contributed by atoms with Crippen LogP contribution in [0.15, 0.2) is 29.0 Å². The number of aryl methyl sites for hydroxylation is 1. The van der Waals surface area contributed by atoms with E-state index >= 15 is 0 Å². The first-order valence-electron chi connectivity index (χ1n) is 6.04. The summed E-state index contributed by atoms with van der Waals surface area (Å²) in [6.45, 7) is 3.85. The fourth-order valence-corrected chi connectivity index (χ4v) is 2.61. The fourth-order valence-electron chi connectivity index (χ4n) is 1.93. The molecule has 0 aliphatic carbocycles. The maximum atomic E-state index is 11.0. The van der Waals surface area contributed by atoms with Gasteiger partial charge in [0, 0.05) is 11.7 Å². The third-order valence-electron chi connectivity index (χ3n) is 2.72. The Hall–Kier alpha value is -1.88. The van der Waals surface area contributed by atoms with Crippen LogP contribution in [0, 0.1) is 6.92 Å². The number of nitrogens with zero attached hydrogens (tertiary/aromatic N) is 1. The maximum Gasteiger partial charge on any atom is 0.335 e. The molecule has 0 fully saturated rings. The minimum atomic E-state index is -0.931. The molecule has 100 valence electrons. The van der Waals surface area contributed by atoms with E-state index in [0.717, 1.165) is 6.42 Å². The Balaban J connectivity index is 2.08. The zero-order valence-electron chi connectivity index (χ0n) is 10.9. The molecule has 0 aliphatic heterocycles. The van der Waals surface area contributed by atoms with Crippen LogP contribution in [0.5, 0.6) is 0 Å². The van der Waals surface area contributed by atoms with E-state index in [2.05, 4.69) is 34.1 Å². The number of carboxylic acids is 1. The molecule has 1 atom stereocenters. The van der Waals surface area contributed by atoms with Crippen molar-refractivity contribution in [2.24, 2.45) is 0 Å². The number of aromatic nitrogens is 1. The standard InChI is InChI=1S/C14H16N2O2S/c1-9(5-11-3-4-19-8-11)15-13-7-12(14(17)18)6-10(2)16-13/h3-4,6-9H,5H2,1-2H3,(H,15,16)(H,17,18). The van der Waals surface area contributed by atoms with Gasteiger partial charge < -0.3 is 10.4 Å². The number of aromatic carboxylic acids is 1. The van der Waals surface area contributed by atoms with Crippen molar-refractivity contribution in [3.05, 3.63) is 45.8 Å². The Kier molecular flexibility index (Phi) is 4.16. The monoisotopic (exact) mass is 276 g/mol. The lowest BCUT2D eigenvalue weighted by Gasteiger charge is -2.14. The van der Waals surface area contributed by atoms with Crippen molar-refractivity contribution in [3.63, 3.8) is 0 Å². The van der Waals surface area contributed by atoms with Gasteiger partial charge in [-0.05, 0) is 54.8 Å². The minimum Gasteiger partial charge on any atom is -0.478 e. The Morgan fingerprint density at radius 3 is 2.95 bits per heavy atom. The molecule has 2 aromatic rings. The highest BCUT2D eigenvalue weighted by atomic mass is 32.1. The Bertz CT molecular complexity index is 567. The van der Waals surface area contributed by atoms with Gasteiger partial charge in [-0.1, -0.05) is 0 Å². The van der Waals surface area contributed by atoms with Gasteiger partial charge >= 0.3 is 5.97 Å². The molecule has 5 heteroatoms. The van der Waals surface area contributed by atoms with E-state index in [-0.39, 0.29) is 11.6 Å². The second-order valence-corrected chi connectivity index (χ2v) is 5.35. The molecule has 0 aromatic carbocycles. The maximum absolute atomic E-state index is 11.0. The summed E-state index contributed by atoms with van der Waals surface area (Å²) in [7, 11) is 0. The van der Waals surface area contributed by atoms with Gasteiger partial charge in [0.25, 0.3) is 0 Å². The highest BCUT2D eigenvalue weighted by molar-refractivity contribution is 7.07. The second kappa shape index (κ2) is 5.84. The average molecular weight is 276 g/mol. The molecule has 2 rings (SSSR count). The first-order valence-corrected chi connectivity index (χ1v) is 6.98. The molecule has 0 bridgehead atoms. The summed E-state index contributed by atoms with van der Waals surface area (Å²) in [6.07, 6.45) is 0.890. The molecule has 19 heavy (non-hydrogen) atoms. The number of nitrogens with one attached hydrogen (secondary N) is 1. The molecule has 0 saturated carbocycles. The normalized spacial score (nSPS) is 12.1. The van der Waals surface area contributed by atoms with Crippen molar-refractivity contribution in [1.29, 1.82) is 0 Å². The summed E-state index contributed by atoms with van der Waals surface area (Å²) in [4.78, 5) is 15.3. The zero-order chi connectivity index (χ0) is 13.8. The fraction of sp³-hybridized carbons (Fsp3) is 0.286. The summed E-state index contributed by atoms with van der Waals surface area (Å²) < 4.78 is 0. The van der Waals surface area contributed by atoms with Crippen LogP contribution in [-0.2, 0) is 6.42 Å². The van der Waals surface area contributed by atoms with Crippen LogP contribution >= 0.6 is 11.3 Å². The van der Waals surface area contributed by atoms with Gasteiger partial charge in [0.2, 0.25) is 0 Å². The van der Waals surface area contributed by atoms with Crippen molar-refractivity contribution in [3.8, 4) is 0 Å². The van der Waals surface area contributed by atoms with E-state index in [9.17, 15) is 4.79 Å². The van der Waals surface area contributed by atoms with Crippen LogP contribution in [0.1, 0.15) is 28.5 Å². The largest absolute Gasteiger partial charge is 0.478 e. The van der Waals surface area contributed by atoms with Crippen molar-refractivity contribution >= 4 is 23.1 Å². The van der Waals surface area contributed by atoms with Gasteiger partial charge in [-0.25, -0.2) is 9.78 Å². The molecule has 1 unspecified atom stereocenters. The number of hydrogen-bond acceptors (Lipinski definition) is 4. The lowest BCUT2D eigenvalue weighted by molar-refractivity contribution is 0.0696. The number of hydrogen-bond donors (Lipinski definition) is 2. The van der Waals surface area contributed by atoms with Crippen LogP contribution in [0.25, 0.3) is 0 Å². The number of rotatable bonds is 5. The van der Waals surface area contributed by atoms with Gasteiger partial charge in [0.15, 0.2) is 0 Å². The smallest absolute Gasteiger partial charge is 0.335 e. The van der Waals surface area contributed by atoms with E-state index in [1.54, 1.807) is 30.4 Å². The van der Waals surface area contributed by atoms with Crippen molar-refractivity contribution in [2.45, 2.75) is 26.3 Å². The third kappa shape index (κ3) is 3.79. The summed E-state index contributed by atoms with van der Waals surface area (Å²) in [6, 6.07) is 5.43. The van der Waals surface area contributed by atoms with Crippen LogP contribution < -0.4 is 5.32 Å². The van der Waals surface area contributed by atoms with Crippen LogP contribution in [0.3, 0.4) is 0 Å². The zero-order valence-corrected chi connectivity index (χ0v) is 11.7. The van der Waals surface area contributed by atoms with Gasteiger partial charge in [0.1, 0.15) is 5.82 Å². The number of anilines is 1. The summed E-state index contributed by atoms with van der Waals surface area (Å²) in [5.41, 5.74) is 2.24. The Labute approximate surface area is 116 Å². The Morgan fingerprint density at radius 1 is 1.53 bits per heavy atom. The van der Waals surface area contributed by atoms with Crippen LogP contribution in [0.4, 0.5) is 5.82 Å². The lowest BCUT2D eigenvalue weighted by Crippen LogP contribution is -2.19. The lowest BCUT2D eigenvalue weighted by atomic mass is 10.1. The number of carbonyl (C=O) groups is 1. The van der Waals surface area contributed by atoms with Crippen molar-refractivity contribution < 1.29 is 9.90 Å². The molecule has 0 spiro atoms. The van der Waals surface area contributed by atoms with E-state index in [0.29, 0.717) is 11.5 Å². The Morgan fingerprint density at radius 2 is 2.32 bits per heavy atom. The van der Waals surface area contributed by atoms with Crippen molar-refractivity contribution in [1.82, 2.24) is 4.98 Å². The van der Waals surface area contributed by atoms with Gasteiger partial charge in [0.05, 0.1) is 5.56 Å². The van der Waals surface area contributed by atoms with E-state index in [4.69, 9.17) is 5.11 Å². The topological polar surface area (TPSA) is 62.2 Å². The molecule has 4 nitrogen and oxygen atoms in total. The molecule has 0 aliphatic rings. The van der Waals surface area contributed by atoms with Crippen LogP contribution in [0.2, 0.25) is 0 Å². The molecule has 2 aromatic heterocycles. The molecular formula is C14H16N2O2S. The molecule has 0 amide bonds. The van der Waals surface area contributed by atoms with Gasteiger partial charge in [-0.3, -0.25) is 0 Å². The molecular weight excluding hydrogens is 260 g/mol. The minimum absolute atomic E-state index is 0.200. The van der Waals surface area contributed by atoms with E-state index in [1.807, 2.05) is 0 Å². The highest BCUT2D eigenvalue weighted by Crippen LogP contribution is 2.14. The first-order chi connectivity index (χ1) is 9.04. The van der Waals surface area contributed by atoms with E-state index in [1.165, 1.54) is 5.56 Å². The van der Waals surface area contributed by atoms with Crippen molar-refractivity contribution in [2.75, 3.05) is 5.32 Å². The number of carboxylic acid groups (broad SMARTS) is 1. The second-order valence-electron chi connectivity index (χ2n) is 4.57. The number of pyridine rings is 1. The predicted octanol–water partition coefficient (Wildman–Crippen LogP) is 3.19. The predicted molar refractivity (Wildman–Crippen MR) is 77.0 cm³/mol. The first kappa shape index (κ1) is 13.5. The van der Waals surface area contributed by atoms with Gasteiger partial charge in [-0.15, -0.1) is 0 Å². The molecule has 2 heterocycles. The van der Waals surface area contributed by atoms with Gasteiger partial charge in [-0.2, -0.15) is 11.3 Å². The number of thiophene rings is 1. The highest BCUT2D eigenvalue weighted by Gasteiger charge is 2.09. The summed E-state index contributed by atoms with van der Waals surface area (Å²) in [5, 5.41) is 16.4. The SMILES string of the molecule is Cc1cc(C(=O)O)cc(NC(C)Cc2ccsc2)n1. The summed E-state index contributed by atoms with van der Waals surface area (Å²) >= 11 is 1.68. The average Bonchev–Trinajstić information content (AvgIpc) is 2.80. The van der Waals surface area contributed by atoms with Crippen LogP contribution in [-0.4, -0.2) is 22.1 Å².